The Morgan fingerprint density at radius 3 is 2.42 bits per heavy atom. The molecule has 2 rings (SSSR count). The summed E-state index contributed by atoms with van der Waals surface area (Å²) in [6.45, 7) is 2.79. The van der Waals surface area contributed by atoms with Gasteiger partial charge in [0.25, 0.3) is 0 Å². The van der Waals surface area contributed by atoms with Crippen molar-refractivity contribution in [2.75, 3.05) is 6.54 Å². The Kier molecular flexibility index (Phi) is 3.26. The molecule has 5 N–H and O–H groups in total. The van der Waals surface area contributed by atoms with Crippen molar-refractivity contribution in [3.8, 4) is 0 Å². The molecule has 0 aliphatic heterocycles. The molecule has 0 spiro atoms. The minimum Gasteiger partial charge on any atom is -0.322 e. The van der Waals surface area contributed by atoms with Gasteiger partial charge in [-0.05, 0) is 25.2 Å². The Balaban J connectivity index is 0.000000157. The fraction of sp³-hybridized carbons (Fsp3) is 0.778. The molecule has 0 amide bonds. The predicted octanol–water partition coefficient (Wildman–Crippen LogP) is 0.523. The fourth-order valence-electron chi connectivity index (χ4n) is 1.79. The Morgan fingerprint density at radius 2 is 2.33 bits per heavy atom. The van der Waals surface area contributed by atoms with Crippen LogP contribution >= 0.6 is 0 Å². The summed E-state index contributed by atoms with van der Waals surface area (Å²) in [4.78, 5) is 0. The Hall–Kier alpha value is -0.380. The summed E-state index contributed by atoms with van der Waals surface area (Å²) in [5.41, 5.74) is 8.47. The van der Waals surface area contributed by atoms with Crippen LogP contribution < -0.4 is 17.0 Å². The number of hydrazine groups is 1. The maximum Gasteiger partial charge on any atom is 0.0345 e. The second-order valence-electron chi connectivity index (χ2n) is 3.65. The number of hydrogen-bond donors (Lipinski definition) is 3. The molecule has 0 aromatic rings. The molecule has 0 saturated heterocycles. The van der Waals surface area contributed by atoms with E-state index in [0.717, 1.165) is 12.5 Å². The minimum absolute atomic E-state index is 0.130. The van der Waals surface area contributed by atoms with E-state index in [1.54, 1.807) is 0 Å². The second kappa shape index (κ2) is 4.03. The highest BCUT2D eigenvalue weighted by atomic mass is 15.2. The molecule has 12 heavy (non-hydrogen) atoms. The second-order valence-corrected chi connectivity index (χ2v) is 3.65. The first-order valence-electron chi connectivity index (χ1n) is 4.62. The van der Waals surface area contributed by atoms with E-state index in [0.29, 0.717) is 0 Å². The van der Waals surface area contributed by atoms with Crippen LogP contribution in [-0.4, -0.2) is 12.1 Å². The van der Waals surface area contributed by atoms with Crippen LogP contribution in [0.3, 0.4) is 0 Å². The first-order chi connectivity index (χ1) is 5.70. The first kappa shape index (κ1) is 9.71. The van der Waals surface area contributed by atoms with Gasteiger partial charge in [-0.1, -0.05) is 19.1 Å². The lowest BCUT2D eigenvalue weighted by Crippen LogP contribution is -2.32. The van der Waals surface area contributed by atoms with Crippen molar-refractivity contribution in [3.63, 3.8) is 0 Å². The topological polar surface area (TPSA) is 64.1 Å². The van der Waals surface area contributed by atoms with Crippen molar-refractivity contribution in [2.24, 2.45) is 17.5 Å². The molecule has 2 bridgehead atoms. The maximum absolute atomic E-state index is 5.91. The first-order valence-corrected chi connectivity index (χ1v) is 4.62. The smallest absolute Gasteiger partial charge is 0.0345 e. The van der Waals surface area contributed by atoms with Crippen LogP contribution in [0.1, 0.15) is 26.2 Å². The minimum atomic E-state index is 0.130. The van der Waals surface area contributed by atoms with Crippen molar-refractivity contribution in [3.05, 3.63) is 12.2 Å². The zero-order valence-corrected chi connectivity index (χ0v) is 7.72. The number of fused-ring (bicyclic) bond motifs is 2. The third kappa shape index (κ3) is 2.30. The van der Waals surface area contributed by atoms with Gasteiger partial charge in [0.1, 0.15) is 0 Å². The Labute approximate surface area is 74.2 Å². The van der Waals surface area contributed by atoms with E-state index in [-0.39, 0.29) is 5.54 Å². The highest BCUT2D eigenvalue weighted by Gasteiger charge is 2.36. The van der Waals surface area contributed by atoms with Gasteiger partial charge in [0.2, 0.25) is 0 Å². The molecule has 0 aromatic carbocycles. The van der Waals surface area contributed by atoms with E-state index in [9.17, 15) is 0 Å². The highest BCUT2D eigenvalue weighted by Crippen LogP contribution is 2.40. The van der Waals surface area contributed by atoms with Crippen molar-refractivity contribution >= 4 is 0 Å². The summed E-state index contributed by atoms with van der Waals surface area (Å²) >= 11 is 0. The summed E-state index contributed by atoms with van der Waals surface area (Å²) in [5, 5.41) is 0. The van der Waals surface area contributed by atoms with Gasteiger partial charge >= 0.3 is 0 Å². The SMILES string of the molecule is CCNN.NC12C=CC(CC1)C2. The molecule has 0 radical (unpaired) electrons. The lowest BCUT2D eigenvalue weighted by atomic mass is 10.0. The van der Waals surface area contributed by atoms with Crippen molar-refractivity contribution in [1.82, 2.24) is 5.43 Å². The van der Waals surface area contributed by atoms with Crippen LogP contribution in [0, 0.1) is 5.92 Å². The summed E-state index contributed by atoms with van der Waals surface area (Å²) < 4.78 is 0. The molecule has 3 nitrogen and oxygen atoms in total. The molecule has 1 saturated carbocycles. The van der Waals surface area contributed by atoms with Crippen molar-refractivity contribution < 1.29 is 0 Å². The van der Waals surface area contributed by atoms with E-state index in [1.807, 2.05) is 6.92 Å². The van der Waals surface area contributed by atoms with E-state index in [1.165, 1.54) is 19.3 Å². The average molecular weight is 169 g/mol. The van der Waals surface area contributed by atoms with Crippen LogP contribution in [0.2, 0.25) is 0 Å². The van der Waals surface area contributed by atoms with Gasteiger partial charge in [-0.15, -0.1) is 0 Å². The van der Waals surface area contributed by atoms with Crippen molar-refractivity contribution in [1.29, 1.82) is 0 Å². The van der Waals surface area contributed by atoms with Crippen molar-refractivity contribution in [2.45, 2.75) is 31.7 Å². The van der Waals surface area contributed by atoms with Crippen LogP contribution in [-0.2, 0) is 0 Å². The van der Waals surface area contributed by atoms with E-state index < -0.39 is 0 Å². The number of hydrogen-bond acceptors (Lipinski definition) is 3. The monoisotopic (exact) mass is 169 g/mol. The molecule has 2 atom stereocenters. The lowest BCUT2D eigenvalue weighted by Gasteiger charge is -2.14. The van der Waals surface area contributed by atoms with E-state index in [4.69, 9.17) is 11.6 Å². The lowest BCUT2D eigenvalue weighted by molar-refractivity contribution is 0.559. The van der Waals surface area contributed by atoms with Crippen LogP contribution in [0.15, 0.2) is 12.2 Å². The van der Waals surface area contributed by atoms with E-state index in [2.05, 4.69) is 17.6 Å². The third-order valence-corrected chi connectivity index (χ3v) is 2.53. The van der Waals surface area contributed by atoms with Gasteiger partial charge in [-0.25, -0.2) is 0 Å². The van der Waals surface area contributed by atoms with E-state index >= 15 is 0 Å². The summed E-state index contributed by atoms with van der Waals surface area (Å²) in [6.07, 6.45) is 8.21. The molecule has 2 aliphatic rings. The molecule has 0 heterocycles. The molecule has 2 aliphatic carbocycles. The zero-order chi connectivity index (χ0) is 9.03. The number of rotatable bonds is 1. The van der Waals surface area contributed by atoms with Crippen LogP contribution in [0.4, 0.5) is 0 Å². The van der Waals surface area contributed by atoms with Gasteiger partial charge in [-0.3, -0.25) is 11.3 Å². The van der Waals surface area contributed by atoms with Gasteiger partial charge < -0.3 is 5.73 Å². The number of nitrogens with two attached hydrogens (primary N) is 2. The average Bonchev–Trinajstić information content (AvgIpc) is 2.62. The molecule has 1 fully saturated rings. The van der Waals surface area contributed by atoms with Gasteiger partial charge in [0.05, 0.1) is 0 Å². The quantitative estimate of drug-likeness (QED) is 0.305. The van der Waals surface area contributed by atoms with Gasteiger partial charge in [0.15, 0.2) is 0 Å². The zero-order valence-electron chi connectivity index (χ0n) is 7.72. The molecule has 70 valence electrons. The third-order valence-electron chi connectivity index (χ3n) is 2.53. The predicted molar refractivity (Wildman–Crippen MR) is 51.3 cm³/mol. The van der Waals surface area contributed by atoms with Gasteiger partial charge in [0, 0.05) is 12.1 Å². The largest absolute Gasteiger partial charge is 0.322 e. The Morgan fingerprint density at radius 1 is 1.67 bits per heavy atom. The maximum atomic E-state index is 5.91. The summed E-state index contributed by atoms with van der Waals surface area (Å²) in [5.74, 6) is 5.61. The molecular formula is C9H19N3. The van der Waals surface area contributed by atoms with Gasteiger partial charge in [-0.2, -0.15) is 0 Å². The summed E-state index contributed by atoms with van der Waals surface area (Å²) in [7, 11) is 0. The number of nitrogens with one attached hydrogen (secondary N) is 1. The summed E-state index contributed by atoms with van der Waals surface area (Å²) in [6, 6.07) is 0. The molecular weight excluding hydrogens is 150 g/mol. The number of allylic oxidation sites excluding steroid dienone is 1. The normalized spacial score (nSPS) is 36.4. The highest BCUT2D eigenvalue weighted by molar-refractivity contribution is 5.19. The van der Waals surface area contributed by atoms with Crippen LogP contribution in [0.5, 0.6) is 0 Å². The Bertz CT molecular complexity index is 165. The molecule has 0 aromatic heterocycles. The fourth-order valence-corrected chi connectivity index (χ4v) is 1.79. The molecule has 3 heteroatoms. The van der Waals surface area contributed by atoms with Crippen LogP contribution in [0.25, 0.3) is 0 Å². The molecule has 2 unspecified atom stereocenters. The standard InChI is InChI=1S/C7H11N.C2H8N2/c8-7-3-1-6(5-7)2-4-7;1-2-4-3/h1,3,6H,2,4-5,8H2;4H,2-3H2,1H3.